The summed E-state index contributed by atoms with van der Waals surface area (Å²) in [6, 6.07) is 8.23. The van der Waals surface area contributed by atoms with Crippen molar-refractivity contribution in [2.45, 2.75) is 18.3 Å². The average molecular weight is 281 g/mol. The summed E-state index contributed by atoms with van der Waals surface area (Å²) in [6.07, 6.45) is 0. The van der Waals surface area contributed by atoms with Crippen molar-refractivity contribution in [1.82, 2.24) is 4.90 Å². The van der Waals surface area contributed by atoms with E-state index < -0.39 is 12.0 Å². The van der Waals surface area contributed by atoms with Gasteiger partial charge in [-0.2, -0.15) is 0 Å². The van der Waals surface area contributed by atoms with Gasteiger partial charge >= 0.3 is 5.97 Å². The Morgan fingerprint density at radius 2 is 2.11 bits per heavy atom. The maximum atomic E-state index is 12.1. The molecule has 6 heteroatoms. The molecular formula is C13H15NO4S. The third kappa shape index (κ3) is 3.20. The summed E-state index contributed by atoms with van der Waals surface area (Å²) >= 11 is 1.46. The molecule has 1 aromatic carbocycles. The van der Waals surface area contributed by atoms with Gasteiger partial charge in [-0.05, 0) is 19.1 Å². The van der Waals surface area contributed by atoms with Crippen molar-refractivity contribution in [3.8, 4) is 5.75 Å². The Morgan fingerprint density at radius 1 is 1.42 bits per heavy atom. The van der Waals surface area contributed by atoms with Gasteiger partial charge < -0.3 is 14.7 Å². The molecule has 1 amide bonds. The lowest BCUT2D eigenvalue weighted by Gasteiger charge is -2.24. The third-order valence-corrected chi connectivity index (χ3v) is 4.12. The fourth-order valence-electron chi connectivity index (χ4n) is 1.95. The van der Waals surface area contributed by atoms with Crippen LogP contribution in [0.4, 0.5) is 0 Å². The standard InChI is InChI=1S/C13H15NO4S/c1-9-14(11(8-19-9)13(16)17)12(15)7-18-10-5-3-2-4-6-10/h2-6,9,11H,7-8H2,1H3,(H,16,17). The number of ether oxygens (including phenoxy) is 1. The van der Waals surface area contributed by atoms with E-state index >= 15 is 0 Å². The number of carboxylic acid groups (broad SMARTS) is 1. The Balaban J connectivity index is 1.97. The van der Waals surface area contributed by atoms with Gasteiger partial charge in [0.15, 0.2) is 6.61 Å². The van der Waals surface area contributed by atoms with Gasteiger partial charge in [-0.15, -0.1) is 11.8 Å². The average Bonchev–Trinajstić information content (AvgIpc) is 2.79. The minimum Gasteiger partial charge on any atom is -0.484 e. The maximum absolute atomic E-state index is 12.1. The highest BCUT2D eigenvalue weighted by Crippen LogP contribution is 2.28. The number of amides is 1. The molecule has 2 atom stereocenters. The first kappa shape index (κ1) is 13.7. The first-order chi connectivity index (χ1) is 9.09. The molecule has 1 heterocycles. The van der Waals surface area contributed by atoms with Crippen LogP contribution in [0.5, 0.6) is 5.75 Å². The predicted molar refractivity (Wildman–Crippen MR) is 72.1 cm³/mol. The molecule has 1 saturated heterocycles. The van der Waals surface area contributed by atoms with E-state index in [-0.39, 0.29) is 17.9 Å². The zero-order valence-electron chi connectivity index (χ0n) is 10.5. The highest BCUT2D eigenvalue weighted by Gasteiger charge is 2.39. The lowest BCUT2D eigenvalue weighted by Crippen LogP contribution is -2.46. The number of hydrogen-bond donors (Lipinski definition) is 1. The normalized spacial score (nSPS) is 22.3. The first-order valence-corrected chi connectivity index (χ1v) is 6.98. The van der Waals surface area contributed by atoms with Gasteiger partial charge in [0.2, 0.25) is 0 Å². The Labute approximate surface area is 115 Å². The van der Waals surface area contributed by atoms with Crippen LogP contribution in [-0.2, 0) is 9.59 Å². The van der Waals surface area contributed by atoms with Crippen molar-refractivity contribution in [3.63, 3.8) is 0 Å². The van der Waals surface area contributed by atoms with Gasteiger partial charge in [0, 0.05) is 5.75 Å². The molecule has 1 N–H and O–H groups in total. The molecule has 1 aliphatic rings. The van der Waals surface area contributed by atoms with E-state index in [1.807, 2.05) is 25.1 Å². The van der Waals surface area contributed by atoms with Crippen LogP contribution in [0.15, 0.2) is 30.3 Å². The van der Waals surface area contributed by atoms with Gasteiger partial charge in [-0.1, -0.05) is 18.2 Å². The highest BCUT2D eigenvalue weighted by atomic mass is 32.2. The third-order valence-electron chi connectivity index (χ3n) is 2.90. The Kier molecular flexibility index (Phi) is 4.31. The molecule has 102 valence electrons. The Bertz CT molecular complexity index is 465. The topological polar surface area (TPSA) is 66.8 Å². The van der Waals surface area contributed by atoms with Crippen LogP contribution in [-0.4, -0.2) is 45.7 Å². The number of carboxylic acids is 1. The highest BCUT2D eigenvalue weighted by molar-refractivity contribution is 8.00. The van der Waals surface area contributed by atoms with Crippen molar-refractivity contribution in [2.75, 3.05) is 12.4 Å². The fraction of sp³-hybridized carbons (Fsp3) is 0.385. The Morgan fingerprint density at radius 3 is 2.74 bits per heavy atom. The number of aliphatic carboxylic acids is 1. The quantitative estimate of drug-likeness (QED) is 0.904. The number of thioether (sulfide) groups is 1. The van der Waals surface area contributed by atoms with E-state index in [0.717, 1.165) is 0 Å². The molecule has 0 aliphatic carbocycles. The monoisotopic (exact) mass is 281 g/mol. The van der Waals surface area contributed by atoms with E-state index in [2.05, 4.69) is 0 Å². The summed E-state index contributed by atoms with van der Waals surface area (Å²) in [7, 11) is 0. The van der Waals surface area contributed by atoms with Crippen molar-refractivity contribution in [1.29, 1.82) is 0 Å². The van der Waals surface area contributed by atoms with Crippen LogP contribution in [0.25, 0.3) is 0 Å². The summed E-state index contributed by atoms with van der Waals surface area (Å²) in [5, 5.41) is 8.96. The first-order valence-electron chi connectivity index (χ1n) is 5.93. The zero-order valence-corrected chi connectivity index (χ0v) is 11.3. The molecule has 1 aromatic rings. The molecule has 0 saturated carbocycles. The summed E-state index contributed by atoms with van der Waals surface area (Å²) in [6.45, 7) is 1.69. The van der Waals surface area contributed by atoms with Crippen molar-refractivity contribution in [2.24, 2.45) is 0 Å². The largest absolute Gasteiger partial charge is 0.484 e. The zero-order chi connectivity index (χ0) is 13.8. The molecule has 5 nitrogen and oxygen atoms in total. The molecule has 0 aromatic heterocycles. The molecule has 2 rings (SSSR count). The summed E-state index contributed by atoms with van der Waals surface area (Å²) < 4.78 is 5.36. The minimum atomic E-state index is -0.968. The number of benzene rings is 1. The number of carbonyl (C=O) groups excluding carboxylic acids is 1. The van der Waals surface area contributed by atoms with Crippen LogP contribution < -0.4 is 4.74 Å². The number of rotatable bonds is 4. The molecule has 0 spiro atoms. The van der Waals surface area contributed by atoms with Gasteiger partial charge in [0.1, 0.15) is 11.8 Å². The second-order valence-electron chi connectivity index (χ2n) is 4.19. The summed E-state index contributed by atoms with van der Waals surface area (Å²) in [4.78, 5) is 24.5. The van der Waals surface area contributed by atoms with E-state index in [1.165, 1.54) is 16.7 Å². The van der Waals surface area contributed by atoms with Crippen molar-refractivity contribution < 1.29 is 19.4 Å². The van der Waals surface area contributed by atoms with Crippen LogP contribution in [0.3, 0.4) is 0 Å². The van der Waals surface area contributed by atoms with Crippen LogP contribution in [0, 0.1) is 0 Å². The lowest BCUT2D eigenvalue weighted by atomic mass is 10.3. The molecule has 1 aliphatic heterocycles. The van der Waals surface area contributed by atoms with E-state index in [0.29, 0.717) is 11.5 Å². The molecular weight excluding hydrogens is 266 g/mol. The molecule has 2 unspecified atom stereocenters. The fourth-order valence-corrected chi connectivity index (χ4v) is 3.14. The van der Waals surface area contributed by atoms with Crippen LogP contribution >= 0.6 is 11.8 Å². The molecule has 0 bridgehead atoms. The number of para-hydroxylation sites is 1. The number of carbonyl (C=O) groups is 2. The second-order valence-corrected chi connectivity index (χ2v) is 5.54. The van der Waals surface area contributed by atoms with Crippen LogP contribution in [0.2, 0.25) is 0 Å². The van der Waals surface area contributed by atoms with Gasteiger partial charge in [0.05, 0.1) is 5.37 Å². The summed E-state index contributed by atoms with van der Waals surface area (Å²) in [5.41, 5.74) is 0. The second kappa shape index (κ2) is 5.97. The molecule has 19 heavy (non-hydrogen) atoms. The van der Waals surface area contributed by atoms with Gasteiger partial charge in [0.25, 0.3) is 5.91 Å². The van der Waals surface area contributed by atoms with Crippen molar-refractivity contribution in [3.05, 3.63) is 30.3 Å². The lowest BCUT2D eigenvalue weighted by molar-refractivity contribution is -0.149. The SMILES string of the molecule is CC1SCC(C(=O)O)N1C(=O)COc1ccccc1. The maximum Gasteiger partial charge on any atom is 0.327 e. The number of hydrogen-bond acceptors (Lipinski definition) is 4. The molecule has 1 fully saturated rings. The Hall–Kier alpha value is -1.69. The predicted octanol–water partition coefficient (Wildman–Crippen LogP) is 1.44. The van der Waals surface area contributed by atoms with Crippen molar-refractivity contribution >= 4 is 23.6 Å². The van der Waals surface area contributed by atoms with E-state index in [4.69, 9.17) is 9.84 Å². The molecule has 0 radical (unpaired) electrons. The van der Waals surface area contributed by atoms with Crippen LogP contribution in [0.1, 0.15) is 6.92 Å². The van der Waals surface area contributed by atoms with E-state index in [9.17, 15) is 9.59 Å². The summed E-state index contributed by atoms with van der Waals surface area (Å²) in [5.74, 6) is -0.242. The number of nitrogens with zero attached hydrogens (tertiary/aromatic N) is 1. The van der Waals surface area contributed by atoms with Gasteiger partial charge in [-0.25, -0.2) is 4.79 Å². The smallest absolute Gasteiger partial charge is 0.327 e. The van der Waals surface area contributed by atoms with E-state index in [1.54, 1.807) is 12.1 Å². The minimum absolute atomic E-state index is 0.132. The van der Waals surface area contributed by atoms with Gasteiger partial charge in [-0.3, -0.25) is 4.79 Å².